The molecule has 0 aliphatic heterocycles. The first-order valence-corrected chi connectivity index (χ1v) is 8.13. The first kappa shape index (κ1) is 17.2. The molecule has 0 spiro atoms. The van der Waals surface area contributed by atoms with Crippen molar-refractivity contribution in [2.24, 2.45) is 5.92 Å². The minimum absolute atomic E-state index is 0.0414. The summed E-state index contributed by atoms with van der Waals surface area (Å²) in [6.45, 7) is 4.13. The Morgan fingerprint density at radius 3 is 1.83 bits per heavy atom. The van der Waals surface area contributed by atoms with Crippen LogP contribution in [0.5, 0.6) is 0 Å². The highest BCUT2D eigenvalue weighted by molar-refractivity contribution is 5.87. The van der Waals surface area contributed by atoms with Crippen molar-refractivity contribution in [1.29, 1.82) is 0 Å². The van der Waals surface area contributed by atoms with Gasteiger partial charge in [-0.05, 0) is 23.5 Å². The van der Waals surface area contributed by atoms with Gasteiger partial charge in [0.1, 0.15) is 0 Å². The van der Waals surface area contributed by atoms with Gasteiger partial charge in [-0.25, -0.2) is 0 Å². The van der Waals surface area contributed by atoms with Crippen molar-refractivity contribution in [3.05, 3.63) is 71.8 Å². The summed E-state index contributed by atoms with van der Waals surface area (Å²) in [5.74, 6) is -0.0138. The minimum atomic E-state index is -0.362. The first-order valence-electron chi connectivity index (χ1n) is 8.13. The lowest BCUT2D eigenvalue weighted by atomic mass is 9.90. The summed E-state index contributed by atoms with van der Waals surface area (Å²) in [5.41, 5.74) is 1.91. The second-order valence-electron chi connectivity index (χ2n) is 6.27. The molecule has 23 heavy (non-hydrogen) atoms. The van der Waals surface area contributed by atoms with Crippen LogP contribution in [0.15, 0.2) is 60.7 Å². The number of rotatable bonds is 7. The monoisotopic (exact) mass is 311 g/mol. The Morgan fingerprint density at radius 1 is 0.957 bits per heavy atom. The fourth-order valence-electron chi connectivity index (χ4n) is 2.82. The summed E-state index contributed by atoms with van der Waals surface area (Å²) in [6.07, 6.45) is 0.762. The summed E-state index contributed by atoms with van der Waals surface area (Å²) in [6, 6.07) is 19.3. The Morgan fingerprint density at radius 2 is 1.43 bits per heavy atom. The van der Waals surface area contributed by atoms with Gasteiger partial charge in [-0.3, -0.25) is 4.79 Å². The largest absolute Gasteiger partial charge is 0.394 e. The zero-order chi connectivity index (χ0) is 16.7. The van der Waals surface area contributed by atoms with Crippen LogP contribution in [-0.4, -0.2) is 23.7 Å². The molecular weight excluding hydrogens is 286 g/mol. The number of benzene rings is 2. The van der Waals surface area contributed by atoms with Gasteiger partial charge in [0.25, 0.3) is 0 Å². The zero-order valence-electron chi connectivity index (χ0n) is 13.8. The fraction of sp³-hybridized carbons (Fsp3) is 0.350. The molecule has 0 saturated carbocycles. The summed E-state index contributed by atoms with van der Waals surface area (Å²) >= 11 is 0. The van der Waals surface area contributed by atoms with Gasteiger partial charge in [-0.2, -0.15) is 0 Å². The maximum Gasteiger partial charge on any atom is 0.232 e. The fourth-order valence-corrected chi connectivity index (χ4v) is 2.82. The normalized spacial score (nSPS) is 12.4. The van der Waals surface area contributed by atoms with E-state index in [1.165, 1.54) is 0 Å². The van der Waals surface area contributed by atoms with Crippen molar-refractivity contribution >= 4 is 5.91 Å². The molecule has 2 rings (SSSR count). The number of aliphatic hydroxyl groups excluding tert-OH is 1. The number of amides is 1. The number of carbonyl (C=O) groups is 1. The SMILES string of the molecule is CC(C)CC(CO)NC(=O)C(c1ccccc1)c1ccccc1. The maximum atomic E-state index is 12.9. The van der Waals surface area contributed by atoms with Crippen LogP contribution >= 0.6 is 0 Å². The van der Waals surface area contributed by atoms with Crippen molar-refractivity contribution in [2.75, 3.05) is 6.61 Å². The summed E-state index contributed by atoms with van der Waals surface area (Å²) in [7, 11) is 0. The molecule has 122 valence electrons. The third-order valence-electron chi connectivity index (χ3n) is 3.85. The smallest absolute Gasteiger partial charge is 0.232 e. The van der Waals surface area contributed by atoms with Crippen molar-refractivity contribution < 1.29 is 9.90 Å². The molecule has 1 unspecified atom stereocenters. The van der Waals surface area contributed by atoms with Crippen LogP contribution in [0.2, 0.25) is 0 Å². The van der Waals surface area contributed by atoms with E-state index in [0.717, 1.165) is 17.5 Å². The van der Waals surface area contributed by atoms with Crippen LogP contribution < -0.4 is 5.32 Å². The predicted molar refractivity (Wildman–Crippen MR) is 93.2 cm³/mol. The molecule has 0 saturated heterocycles. The van der Waals surface area contributed by atoms with Crippen LogP contribution in [-0.2, 0) is 4.79 Å². The van der Waals surface area contributed by atoms with Crippen molar-refractivity contribution in [2.45, 2.75) is 32.2 Å². The van der Waals surface area contributed by atoms with Crippen LogP contribution in [0.3, 0.4) is 0 Å². The van der Waals surface area contributed by atoms with E-state index in [9.17, 15) is 9.90 Å². The molecule has 2 N–H and O–H groups in total. The highest BCUT2D eigenvalue weighted by Crippen LogP contribution is 2.25. The average molecular weight is 311 g/mol. The van der Waals surface area contributed by atoms with Crippen LogP contribution in [0, 0.1) is 5.92 Å². The zero-order valence-corrected chi connectivity index (χ0v) is 13.8. The lowest BCUT2D eigenvalue weighted by molar-refractivity contribution is -0.122. The standard InChI is InChI=1S/C20H25NO2/c1-15(2)13-18(14-22)21-20(23)19(16-9-5-3-6-10-16)17-11-7-4-8-12-17/h3-12,15,18-19,22H,13-14H2,1-2H3,(H,21,23). The molecular formula is C20H25NO2. The van der Waals surface area contributed by atoms with Crippen molar-refractivity contribution in [1.82, 2.24) is 5.32 Å². The first-order chi connectivity index (χ1) is 11.1. The average Bonchev–Trinajstić information content (AvgIpc) is 2.56. The molecule has 2 aromatic carbocycles. The minimum Gasteiger partial charge on any atom is -0.394 e. The van der Waals surface area contributed by atoms with Gasteiger partial charge in [0.05, 0.1) is 18.6 Å². The van der Waals surface area contributed by atoms with E-state index in [1.807, 2.05) is 60.7 Å². The number of hydrogen-bond acceptors (Lipinski definition) is 2. The van der Waals surface area contributed by atoms with Crippen molar-refractivity contribution in [3.8, 4) is 0 Å². The third kappa shape index (κ3) is 4.93. The summed E-state index contributed by atoms with van der Waals surface area (Å²) < 4.78 is 0. The van der Waals surface area contributed by atoms with Gasteiger partial charge < -0.3 is 10.4 Å². The molecule has 0 radical (unpaired) electrons. The van der Waals surface area contributed by atoms with E-state index in [2.05, 4.69) is 19.2 Å². The molecule has 0 aliphatic carbocycles. The summed E-state index contributed by atoms with van der Waals surface area (Å²) in [4.78, 5) is 12.9. The number of nitrogens with one attached hydrogen (secondary N) is 1. The van der Waals surface area contributed by atoms with Gasteiger partial charge in [0.2, 0.25) is 5.91 Å². The molecule has 3 heteroatoms. The van der Waals surface area contributed by atoms with Gasteiger partial charge in [-0.15, -0.1) is 0 Å². The number of hydrogen-bond donors (Lipinski definition) is 2. The Labute approximate surface area is 138 Å². The lowest BCUT2D eigenvalue weighted by Gasteiger charge is -2.23. The molecule has 0 aliphatic rings. The molecule has 1 atom stereocenters. The van der Waals surface area contributed by atoms with Gasteiger partial charge in [-0.1, -0.05) is 74.5 Å². The van der Waals surface area contributed by atoms with E-state index >= 15 is 0 Å². The lowest BCUT2D eigenvalue weighted by Crippen LogP contribution is -2.41. The highest BCUT2D eigenvalue weighted by atomic mass is 16.3. The number of carbonyl (C=O) groups excluding carboxylic acids is 1. The van der Waals surface area contributed by atoms with E-state index < -0.39 is 0 Å². The quantitative estimate of drug-likeness (QED) is 0.824. The second kappa shape index (κ2) is 8.49. The van der Waals surface area contributed by atoms with Gasteiger partial charge in [0, 0.05) is 0 Å². The molecule has 0 aromatic heterocycles. The molecule has 3 nitrogen and oxygen atoms in total. The third-order valence-corrected chi connectivity index (χ3v) is 3.85. The molecule has 1 amide bonds. The molecule has 0 heterocycles. The number of aliphatic hydroxyl groups is 1. The van der Waals surface area contributed by atoms with E-state index in [0.29, 0.717) is 5.92 Å². The van der Waals surface area contributed by atoms with E-state index in [4.69, 9.17) is 0 Å². The molecule has 0 fully saturated rings. The van der Waals surface area contributed by atoms with Crippen LogP contribution in [0.4, 0.5) is 0 Å². The highest BCUT2D eigenvalue weighted by Gasteiger charge is 2.24. The van der Waals surface area contributed by atoms with E-state index in [-0.39, 0.29) is 24.5 Å². The van der Waals surface area contributed by atoms with Gasteiger partial charge >= 0.3 is 0 Å². The van der Waals surface area contributed by atoms with Gasteiger partial charge in [0.15, 0.2) is 0 Å². The molecule has 0 bridgehead atoms. The Hall–Kier alpha value is -2.13. The van der Waals surface area contributed by atoms with E-state index in [1.54, 1.807) is 0 Å². The van der Waals surface area contributed by atoms with Crippen LogP contribution in [0.25, 0.3) is 0 Å². The Balaban J connectivity index is 2.25. The maximum absolute atomic E-state index is 12.9. The topological polar surface area (TPSA) is 49.3 Å². The second-order valence-corrected chi connectivity index (χ2v) is 6.27. The van der Waals surface area contributed by atoms with Crippen LogP contribution in [0.1, 0.15) is 37.3 Å². The van der Waals surface area contributed by atoms with Crippen molar-refractivity contribution in [3.63, 3.8) is 0 Å². The Kier molecular flexibility index (Phi) is 6.36. The molecule has 2 aromatic rings. The predicted octanol–water partition coefficient (Wildman–Crippen LogP) is 3.34. The Bertz CT molecular complexity index is 556. The summed E-state index contributed by atoms with van der Waals surface area (Å²) in [5, 5.41) is 12.5.